The molecule has 0 aliphatic carbocycles. The SMILES string of the molecule is CC(C)C(C)Nc1ccc(C(N)=O)cc1. The fraction of sp³-hybridized carbons (Fsp3) is 0.417. The zero-order chi connectivity index (χ0) is 11.4. The Morgan fingerprint density at radius 3 is 2.13 bits per heavy atom. The van der Waals surface area contributed by atoms with Crippen LogP contribution in [-0.4, -0.2) is 11.9 Å². The summed E-state index contributed by atoms with van der Waals surface area (Å²) in [6, 6.07) is 7.62. The van der Waals surface area contributed by atoms with Gasteiger partial charge in [0.15, 0.2) is 0 Å². The molecule has 1 aromatic rings. The van der Waals surface area contributed by atoms with Crippen LogP contribution in [0.1, 0.15) is 31.1 Å². The molecule has 1 atom stereocenters. The van der Waals surface area contributed by atoms with Crippen LogP contribution < -0.4 is 11.1 Å². The molecular weight excluding hydrogens is 188 g/mol. The Morgan fingerprint density at radius 2 is 1.73 bits per heavy atom. The Bertz CT molecular complexity index is 330. The quantitative estimate of drug-likeness (QED) is 0.793. The largest absolute Gasteiger partial charge is 0.382 e. The number of nitrogens with two attached hydrogens (primary N) is 1. The fourth-order valence-electron chi connectivity index (χ4n) is 1.16. The van der Waals surface area contributed by atoms with Crippen molar-refractivity contribution >= 4 is 11.6 Å². The van der Waals surface area contributed by atoms with Crippen molar-refractivity contribution in [2.24, 2.45) is 11.7 Å². The minimum absolute atomic E-state index is 0.390. The van der Waals surface area contributed by atoms with E-state index < -0.39 is 5.91 Å². The van der Waals surface area contributed by atoms with Gasteiger partial charge in [-0.1, -0.05) is 13.8 Å². The van der Waals surface area contributed by atoms with Crippen LogP contribution in [0.2, 0.25) is 0 Å². The smallest absolute Gasteiger partial charge is 0.248 e. The highest BCUT2D eigenvalue weighted by Crippen LogP contribution is 2.13. The zero-order valence-electron chi connectivity index (χ0n) is 9.45. The molecule has 82 valence electrons. The minimum Gasteiger partial charge on any atom is -0.382 e. The van der Waals surface area contributed by atoms with E-state index in [1.54, 1.807) is 12.1 Å². The Hall–Kier alpha value is -1.51. The summed E-state index contributed by atoms with van der Waals surface area (Å²) in [5.74, 6) is 0.180. The Morgan fingerprint density at radius 1 is 1.20 bits per heavy atom. The molecule has 1 amide bonds. The molecule has 15 heavy (non-hydrogen) atoms. The van der Waals surface area contributed by atoms with Crippen LogP contribution in [0.5, 0.6) is 0 Å². The molecule has 1 rings (SSSR count). The van der Waals surface area contributed by atoms with Gasteiger partial charge in [0.1, 0.15) is 0 Å². The van der Waals surface area contributed by atoms with Crippen LogP contribution in [0.25, 0.3) is 0 Å². The van der Waals surface area contributed by atoms with E-state index in [9.17, 15) is 4.79 Å². The fourth-order valence-corrected chi connectivity index (χ4v) is 1.16. The van der Waals surface area contributed by atoms with Gasteiger partial charge in [-0.15, -0.1) is 0 Å². The van der Waals surface area contributed by atoms with Gasteiger partial charge in [-0.25, -0.2) is 0 Å². The maximum absolute atomic E-state index is 10.8. The lowest BCUT2D eigenvalue weighted by Gasteiger charge is -2.18. The number of nitrogens with one attached hydrogen (secondary N) is 1. The van der Waals surface area contributed by atoms with E-state index in [0.29, 0.717) is 17.5 Å². The molecule has 3 N–H and O–H groups in total. The summed E-state index contributed by atoms with van der Waals surface area (Å²) in [5.41, 5.74) is 6.71. The third-order valence-corrected chi connectivity index (χ3v) is 2.56. The molecule has 0 aliphatic rings. The second-order valence-corrected chi connectivity index (χ2v) is 4.12. The average Bonchev–Trinajstić information content (AvgIpc) is 2.18. The first kappa shape index (κ1) is 11.6. The second-order valence-electron chi connectivity index (χ2n) is 4.12. The first-order valence-corrected chi connectivity index (χ1v) is 5.17. The number of amides is 1. The highest BCUT2D eigenvalue weighted by molar-refractivity contribution is 5.93. The third kappa shape index (κ3) is 3.27. The van der Waals surface area contributed by atoms with Crippen molar-refractivity contribution in [3.63, 3.8) is 0 Å². The summed E-state index contributed by atoms with van der Waals surface area (Å²) >= 11 is 0. The van der Waals surface area contributed by atoms with Crippen molar-refractivity contribution in [3.05, 3.63) is 29.8 Å². The lowest BCUT2D eigenvalue weighted by Crippen LogP contribution is -2.21. The van der Waals surface area contributed by atoms with Gasteiger partial charge >= 0.3 is 0 Å². The second kappa shape index (κ2) is 4.82. The zero-order valence-corrected chi connectivity index (χ0v) is 9.45. The molecule has 0 heterocycles. The topological polar surface area (TPSA) is 55.1 Å². The first-order valence-electron chi connectivity index (χ1n) is 5.17. The van der Waals surface area contributed by atoms with E-state index in [1.807, 2.05) is 12.1 Å². The summed E-state index contributed by atoms with van der Waals surface area (Å²) in [5, 5.41) is 3.36. The number of carbonyl (C=O) groups is 1. The van der Waals surface area contributed by atoms with Gasteiger partial charge in [0.05, 0.1) is 0 Å². The van der Waals surface area contributed by atoms with Crippen LogP contribution in [0.3, 0.4) is 0 Å². The Kier molecular flexibility index (Phi) is 3.72. The minimum atomic E-state index is -0.390. The van der Waals surface area contributed by atoms with Gasteiger partial charge < -0.3 is 11.1 Å². The van der Waals surface area contributed by atoms with E-state index in [2.05, 4.69) is 26.1 Å². The van der Waals surface area contributed by atoms with Crippen molar-refractivity contribution in [1.29, 1.82) is 0 Å². The van der Waals surface area contributed by atoms with Crippen molar-refractivity contribution in [3.8, 4) is 0 Å². The molecule has 3 nitrogen and oxygen atoms in total. The number of benzene rings is 1. The van der Waals surface area contributed by atoms with E-state index in [4.69, 9.17) is 5.73 Å². The number of anilines is 1. The van der Waals surface area contributed by atoms with Gasteiger partial charge in [-0.2, -0.15) is 0 Å². The molecule has 0 aliphatic heterocycles. The maximum atomic E-state index is 10.8. The van der Waals surface area contributed by atoms with Crippen molar-refractivity contribution < 1.29 is 4.79 Å². The number of carbonyl (C=O) groups excluding carboxylic acids is 1. The molecule has 0 aromatic heterocycles. The van der Waals surface area contributed by atoms with Crippen LogP contribution in [0, 0.1) is 5.92 Å². The van der Waals surface area contributed by atoms with Crippen molar-refractivity contribution in [1.82, 2.24) is 0 Å². The van der Waals surface area contributed by atoms with Gasteiger partial charge in [0.2, 0.25) is 5.91 Å². The highest BCUT2D eigenvalue weighted by Gasteiger charge is 2.06. The lowest BCUT2D eigenvalue weighted by molar-refractivity contribution is 0.100. The molecule has 0 saturated heterocycles. The van der Waals surface area contributed by atoms with E-state index in [-0.39, 0.29) is 0 Å². The summed E-state index contributed by atoms with van der Waals surface area (Å²) in [4.78, 5) is 10.8. The molecule has 0 saturated carbocycles. The van der Waals surface area contributed by atoms with E-state index in [1.165, 1.54) is 0 Å². The number of rotatable bonds is 4. The van der Waals surface area contributed by atoms with Gasteiger partial charge in [-0.05, 0) is 37.1 Å². The number of primary amides is 1. The van der Waals surface area contributed by atoms with E-state index in [0.717, 1.165) is 5.69 Å². The maximum Gasteiger partial charge on any atom is 0.248 e. The molecule has 0 radical (unpaired) electrons. The molecule has 0 spiro atoms. The lowest BCUT2D eigenvalue weighted by atomic mass is 10.1. The normalized spacial score (nSPS) is 12.5. The van der Waals surface area contributed by atoms with Gasteiger partial charge in [-0.3, -0.25) is 4.79 Å². The monoisotopic (exact) mass is 206 g/mol. The van der Waals surface area contributed by atoms with Crippen LogP contribution in [0.4, 0.5) is 5.69 Å². The molecule has 0 fully saturated rings. The molecular formula is C12H18N2O. The summed E-state index contributed by atoms with van der Waals surface area (Å²) in [7, 11) is 0. The number of hydrogen-bond acceptors (Lipinski definition) is 2. The number of hydrogen-bond donors (Lipinski definition) is 2. The average molecular weight is 206 g/mol. The van der Waals surface area contributed by atoms with Crippen LogP contribution in [0.15, 0.2) is 24.3 Å². The highest BCUT2D eigenvalue weighted by atomic mass is 16.1. The van der Waals surface area contributed by atoms with Crippen LogP contribution in [-0.2, 0) is 0 Å². The standard InChI is InChI=1S/C12H18N2O/c1-8(2)9(3)14-11-6-4-10(5-7-11)12(13)15/h4-9,14H,1-3H3,(H2,13,15). The van der Waals surface area contributed by atoms with Crippen molar-refractivity contribution in [2.45, 2.75) is 26.8 Å². The Labute approximate surface area is 90.7 Å². The first-order chi connectivity index (χ1) is 7.00. The van der Waals surface area contributed by atoms with Crippen molar-refractivity contribution in [2.75, 3.05) is 5.32 Å². The predicted octanol–water partition coefficient (Wildman–Crippen LogP) is 2.24. The van der Waals surface area contributed by atoms with E-state index >= 15 is 0 Å². The molecule has 3 heteroatoms. The van der Waals surface area contributed by atoms with Gasteiger partial charge in [0, 0.05) is 17.3 Å². The summed E-state index contributed by atoms with van der Waals surface area (Å²) < 4.78 is 0. The summed E-state index contributed by atoms with van der Waals surface area (Å²) in [6.07, 6.45) is 0. The van der Waals surface area contributed by atoms with Gasteiger partial charge in [0.25, 0.3) is 0 Å². The summed E-state index contributed by atoms with van der Waals surface area (Å²) in [6.45, 7) is 6.46. The molecule has 1 unspecified atom stereocenters. The predicted molar refractivity (Wildman–Crippen MR) is 62.9 cm³/mol. The third-order valence-electron chi connectivity index (χ3n) is 2.56. The Balaban J connectivity index is 2.68. The van der Waals surface area contributed by atoms with Crippen LogP contribution >= 0.6 is 0 Å². The molecule has 1 aromatic carbocycles. The molecule has 0 bridgehead atoms.